The van der Waals surface area contributed by atoms with Gasteiger partial charge in [-0.25, -0.2) is 0 Å². The summed E-state index contributed by atoms with van der Waals surface area (Å²) in [7, 11) is 0. The highest BCUT2D eigenvalue weighted by Crippen LogP contribution is 2.23. The lowest BCUT2D eigenvalue weighted by molar-refractivity contribution is -0.129. The minimum atomic E-state index is -0.369. The summed E-state index contributed by atoms with van der Waals surface area (Å²) in [6, 6.07) is 9.96. The van der Waals surface area contributed by atoms with Crippen LogP contribution < -0.4 is 0 Å². The molecule has 4 heteroatoms. The maximum atomic E-state index is 11.8. The Balaban J connectivity index is 2.01. The predicted molar refractivity (Wildman–Crippen MR) is 69.8 cm³/mol. The fraction of sp³-hybridized carbons (Fsp3) is 0.462. The third-order valence-corrected chi connectivity index (χ3v) is 4.31. The molecule has 0 aliphatic carbocycles. The molecule has 2 atom stereocenters. The molecule has 0 aromatic heterocycles. The number of hydrogen-bond acceptors (Lipinski definition) is 3. The molecule has 0 bridgehead atoms. The van der Waals surface area contributed by atoms with Crippen LogP contribution in [0.3, 0.4) is 0 Å². The molecule has 0 saturated carbocycles. The molecule has 1 fully saturated rings. The second kappa shape index (κ2) is 5.56. The molecule has 1 heterocycles. The van der Waals surface area contributed by atoms with Crippen LogP contribution in [0.15, 0.2) is 30.3 Å². The number of carbonyl (C=O) groups is 1. The summed E-state index contributed by atoms with van der Waals surface area (Å²) in [5.74, 6) is 0.637. The molecule has 1 aliphatic heterocycles. The number of hydrogen-bond donors (Lipinski definition) is 1. The van der Waals surface area contributed by atoms with Gasteiger partial charge in [-0.05, 0) is 12.5 Å². The monoisotopic (exact) mass is 251 g/mol. The van der Waals surface area contributed by atoms with Gasteiger partial charge < -0.3 is 10.0 Å². The molecule has 0 radical (unpaired) electrons. The zero-order chi connectivity index (χ0) is 12.3. The summed E-state index contributed by atoms with van der Waals surface area (Å²) in [6.07, 6.45) is -0.369. The first-order valence-electron chi connectivity index (χ1n) is 5.78. The van der Waals surface area contributed by atoms with E-state index in [1.807, 2.05) is 35.2 Å². The number of benzene rings is 1. The van der Waals surface area contributed by atoms with Gasteiger partial charge in [0.15, 0.2) is 0 Å². The largest absolute Gasteiger partial charge is 0.392 e. The second-order valence-electron chi connectivity index (χ2n) is 4.35. The molecule has 0 unspecified atom stereocenters. The number of carbonyl (C=O) groups excluding carboxylic acids is 1. The van der Waals surface area contributed by atoms with Gasteiger partial charge in [-0.3, -0.25) is 4.79 Å². The Morgan fingerprint density at radius 2 is 2.18 bits per heavy atom. The van der Waals surface area contributed by atoms with Crippen molar-refractivity contribution in [2.24, 2.45) is 0 Å². The van der Waals surface area contributed by atoms with E-state index in [2.05, 4.69) is 0 Å². The number of amides is 1. The average Bonchev–Trinajstić information content (AvgIpc) is 2.33. The predicted octanol–water partition coefficient (Wildman–Crippen LogP) is 1.51. The van der Waals surface area contributed by atoms with Crippen LogP contribution in [0, 0.1) is 0 Å². The van der Waals surface area contributed by atoms with Crippen LogP contribution in [-0.2, 0) is 11.3 Å². The van der Waals surface area contributed by atoms with Crippen LogP contribution in [0.1, 0.15) is 12.5 Å². The first-order valence-corrected chi connectivity index (χ1v) is 6.83. The summed E-state index contributed by atoms with van der Waals surface area (Å²) in [4.78, 5) is 13.6. The Labute approximate surface area is 106 Å². The highest BCUT2D eigenvalue weighted by Gasteiger charge is 2.28. The highest BCUT2D eigenvalue weighted by atomic mass is 32.2. The number of aliphatic hydroxyl groups excluding tert-OH is 1. The van der Waals surface area contributed by atoms with Crippen LogP contribution in [-0.4, -0.2) is 39.6 Å². The summed E-state index contributed by atoms with van der Waals surface area (Å²) < 4.78 is 0. The van der Waals surface area contributed by atoms with Gasteiger partial charge in [-0.15, -0.1) is 11.8 Å². The molecular formula is C13H17NO2S. The van der Waals surface area contributed by atoms with Gasteiger partial charge in [-0.2, -0.15) is 0 Å². The molecule has 0 spiro atoms. The lowest BCUT2D eigenvalue weighted by atomic mass is 10.2. The standard InChI is InChI=1S/C13H17NO2S/c1-10(15)12-8-14(13(16)9-17-12)7-11-5-3-2-4-6-11/h2-6,10,12,15H,7-9H2,1H3/t10-,12-/m1/s1. The molecule has 1 aromatic rings. The van der Waals surface area contributed by atoms with E-state index < -0.39 is 0 Å². The first kappa shape index (κ1) is 12.5. The molecule has 1 saturated heterocycles. The topological polar surface area (TPSA) is 40.5 Å². The first-order chi connectivity index (χ1) is 8.16. The summed E-state index contributed by atoms with van der Waals surface area (Å²) in [5.41, 5.74) is 1.14. The zero-order valence-electron chi connectivity index (χ0n) is 9.87. The fourth-order valence-electron chi connectivity index (χ4n) is 1.89. The maximum Gasteiger partial charge on any atom is 0.232 e. The second-order valence-corrected chi connectivity index (χ2v) is 5.58. The third-order valence-electron chi connectivity index (χ3n) is 2.93. The van der Waals surface area contributed by atoms with Gasteiger partial charge in [0.2, 0.25) is 5.91 Å². The molecule has 1 amide bonds. The van der Waals surface area contributed by atoms with Crippen molar-refractivity contribution in [3.63, 3.8) is 0 Å². The van der Waals surface area contributed by atoms with Gasteiger partial charge >= 0.3 is 0 Å². The van der Waals surface area contributed by atoms with Crippen LogP contribution in [0.2, 0.25) is 0 Å². The molecule has 92 valence electrons. The van der Waals surface area contributed by atoms with Crippen molar-refractivity contribution < 1.29 is 9.90 Å². The van der Waals surface area contributed by atoms with Crippen molar-refractivity contribution in [3.8, 4) is 0 Å². The van der Waals surface area contributed by atoms with Crippen LogP contribution in [0.5, 0.6) is 0 Å². The molecule has 17 heavy (non-hydrogen) atoms. The lowest BCUT2D eigenvalue weighted by Gasteiger charge is -2.33. The van der Waals surface area contributed by atoms with Crippen LogP contribution in [0.4, 0.5) is 0 Å². The zero-order valence-corrected chi connectivity index (χ0v) is 10.7. The summed E-state index contributed by atoms with van der Waals surface area (Å²) in [5, 5.41) is 9.72. The fourth-order valence-corrected chi connectivity index (χ4v) is 2.99. The van der Waals surface area contributed by atoms with Gasteiger partial charge in [-0.1, -0.05) is 30.3 Å². The maximum absolute atomic E-state index is 11.8. The van der Waals surface area contributed by atoms with E-state index >= 15 is 0 Å². The van der Waals surface area contributed by atoms with Gasteiger partial charge in [0.05, 0.1) is 11.9 Å². The Kier molecular flexibility index (Phi) is 4.07. The van der Waals surface area contributed by atoms with Crippen molar-refractivity contribution in [2.75, 3.05) is 12.3 Å². The van der Waals surface area contributed by atoms with Crippen molar-refractivity contribution >= 4 is 17.7 Å². The molecular weight excluding hydrogens is 234 g/mol. The smallest absolute Gasteiger partial charge is 0.232 e. The highest BCUT2D eigenvalue weighted by molar-refractivity contribution is 8.00. The summed E-state index contributed by atoms with van der Waals surface area (Å²) >= 11 is 1.55. The minimum absolute atomic E-state index is 0.136. The number of aliphatic hydroxyl groups is 1. The van der Waals surface area contributed by atoms with Gasteiger partial charge in [0, 0.05) is 18.3 Å². The van der Waals surface area contributed by atoms with E-state index in [0.29, 0.717) is 18.8 Å². The van der Waals surface area contributed by atoms with E-state index in [1.165, 1.54) is 0 Å². The van der Waals surface area contributed by atoms with Crippen molar-refractivity contribution in [2.45, 2.75) is 24.8 Å². The Hall–Kier alpha value is -1.000. The average molecular weight is 251 g/mol. The van der Waals surface area contributed by atoms with Crippen molar-refractivity contribution in [1.29, 1.82) is 0 Å². The van der Waals surface area contributed by atoms with E-state index in [1.54, 1.807) is 18.7 Å². The number of rotatable bonds is 3. The van der Waals surface area contributed by atoms with Crippen LogP contribution in [0.25, 0.3) is 0 Å². The molecule has 1 aromatic carbocycles. The minimum Gasteiger partial charge on any atom is -0.392 e. The van der Waals surface area contributed by atoms with Gasteiger partial charge in [0.25, 0.3) is 0 Å². The van der Waals surface area contributed by atoms with Crippen LogP contribution >= 0.6 is 11.8 Å². The van der Waals surface area contributed by atoms with Crippen molar-refractivity contribution in [1.82, 2.24) is 4.90 Å². The van der Waals surface area contributed by atoms with E-state index in [4.69, 9.17) is 0 Å². The number of thioether (sulfide) groups is 1. The quantitative estimate of drug-likeness (QED) is 0.885. The Morgan fingerprint density at radius 1 is 1.47 bits per heavy atom. The SMILES string of the molecule is C[C@@H](O)[C@H]1CN(Cc2ccccc2)C(=O)CS1. The normalized spacial score (nSPS) is 22.6. The summed E-state index contributed by atoms with van der Waals surface area (Å²) in [6.45, 7) is 3.06. The van der Waals surface area contributed by atoms with E-state index in [9.17, 15) is 9.90 Å². The lowest BCUT2D eigenvalue weighted by Crippen LogP contribution is -2.45. The Bertz CT molecular complexity index is 380. The molecule has 2 rings (SSSR count). The third kappa shape index (κ3) is 3.23. The number of nitrogens with zero attached hydrogens (tertiary/aromatic N) is 1. The molecule has 3 nitrogen and oxygen atoms in total. The molecule has 1 aliphatic rings. The van der Waals surface area contributed by atoms with Crippen molar-refractivity contribution in [3.05, 3.63) is 35.9 Å². The van der Waals surface area contributed by atoms with E-state index in [0.717, 1.165) is 5.56 Å². The van der Waals surface area contributed by atoms with E-state index in [-0.39, 0.29) is 17.3 Å². The Morgan fingerprint density at radius 3 is 2.82 bits per heavy atom. The van der Waals surface area contributed by atoms with Gasteiger partial charge in [0.1, 0.15) is 0 Å². The molecule has 1 N–H and O–H groups in total.